The maximum atomic E-state index is 12.9. The number of hydrogen-bond donors (Lipinski definition) is 2. The first-order chi connectivity index (χ1) is 17.9. The molecule has 11 heteroatoms. The molecule has 0 radical (unpaired) electrons. The van der Waals surface area contributed by atoms with Crippen molar-refractivity contribution in [3.05, 3.63) is 67.5 Å². The predicted molar refractivity (Wildman–Crippen MR) is 139 cm³/mol. The van der Waals surface area contributed by atoms with Gasteiger partial charge >= 0.3 is 17.9 Å². The first-order valence-corrected chi connectivity index (χ1v) is 13.0. The van der Waals surface area contributed by atoms with Crippen molar-refractivity contribution in [1.82, 2.24) is 5.32 Å². The fourth-order valence-electron chi connectivity index (χ4n) is 3.59. The molecule has 208 valence electrons. The van der Waals surface area contributed by atoms with Crippen LogP contribution in [0.2, 0.25) is 0 Å². The molecule has 0 fully saturated rings. The molecule has 0 saturated carbocycles. The molecule has 1 atom stereocenters. The van der Waals surface area contributed by atoms with Crippen LogP contribution in [0.25, 0.3) is 6.08 Å². The van der Waals surface area contributed by atoms with E-state index in [-0.39, 0.29) is 23.7 Å². The Kier molecular flexibility index (Phi) is 11.8. The van der Waals surface area contributed by atoms with Gasteiger partial charge in [-0.1, -0.05) is 19.4 Å². The number of thiophene rings is 1. The number of aromatic hydroxyl groups is 1. The summed E-state index contributed by atoms with van der Waals surface area (Å²) in [6, 6.07) is 4.93. The average Bonchev–Trinajstić information content (AvgIpc) is 3.28. The fraction of sp³-hybridized carbons (Fsp3) is 0.444. The van der Waals surface area contributed by atoms with E-state index in [0.717, 1.165) is 9.75 Å². The van der Waals surface area contributed by atoms with Gasteiger partial charge in [0.2, 0.25) is 0 Å². The average molecular weight is 556 g/mol. The number of ether oxygens (including phenoxy) is 1. The molecule has 0 aliphatic carbocycles. The monoisotopic (exact) mass is 555 g/mol. The van der Waals surface area contributed by atoms with Gasteiger partial charge in [0.15, 0.2) is 5.78 Å². The molecule has 0 aliphatic heterocycles. The summed E-state index contributed by atoms with van der Waals surface area (Å²) in [6.45, 7) is 3.33. The van der Waals surface area contributed by atoms with Crippen molar-refractivity contribution in [1.29, 1.82) is 0 Å². The molecule has 0 bridgehead atoms. The number of unbranched alkanes of at least 4 members (excludes halogenated alkanes) is 2. The number of hydrogen-bond acceptors (Lipinski definition) is 7. The summed E-state index contributed by atoms with van der Waals surface area (Å²) in [5.74, 6) is -1.13. The Morgan fingerprint density at radius 1 is 1.24 bits per heavy atom. The number of methoxy groups -OCH3 is 1. The minimum atomic E-state index is -4.13. The number of amides is 1. The van der Waals surface area contributed by atoms with E-state index in [4.69, 9.17) is 4.42 Å². The Balaban J connectivity index is 1.98. The van der Waals surface area contributed by atoms with Gasteiger partial charge in [0, 0.05) is 34.4 Å². The van der Waals surface area contributed by atoms with Gasteiger partial charge in [-0.15, -0.1) is 11.3 Å². The van der Waals surface area contributed by atoms with Crippen LogP contribution >= 0.6 is 11.3 Å². The SMILES string of the molecule is COC(=O)N/C=C/CCC(C)c1cc(O)c(C(=O)C(C)=Cc2ccc(CCCCCC(F)(F)F)s2)c(=O)o1. The van der Waals surface area contributed by atoms with Crippen LogP contribution in [0.3, 0.4) is 0 Å². The number of allylic oxidation sites excluding steroid dienone is 2. The Morgan fingerprint density at radius 2 is 1.97 bits per heavy atom. The highest BCUT2D eigenvalue weighted by Crippen LogP contribution is 2.28. The van der Waals surface area contributed by atoms with Crippen LogP contribution in [-0.4, -0.2) is 30.3 Å². The van der Waals surface area contributed by atoms with E-state index < -0.39 is 41.4 Å². The predicted octanol–water partition coefficient (Wildman–Crippen LogP) is 7.11. The number of ketones is 1. The van der Waals surface area contributed by atoms with Gasteiger partial charge in [-0.3, -0.25) is 10.1 Å². The van der Waals surface area contributed by atoms with Gasteiger partial charge in [0.25, 0.3) is 0 Å². The smallest absolute Gasteiger partial charge is 0.410 e. The summed E-state index contributed by atoms with van der Waals surface area (Å²) in [4.78, 5) is 38.2. The third-order valence-corrected chi connectivity index (χ3v) is 6.81. The summed E-state index contributed by atoms with van der Waals surface area (Å²) in [5, 5.41) is 12.8. The summed E-state index contributed by atoms with van der Waals surface area (Å²) in [5.41, 5.74) is -1.15. The normalized spacial score (nSPS) is 13.1. The molecule has 0 aliphatic rings. The maximum Gasteiger partial charge on any atom is 0.410 e. The Hall–Kier alpha value is -3.34. The second kappa shape index (κ2) is 14.6. The summed E-state index contributed by atoms with van der Waals surface area (Å²) < 4.78 is 46.5. The fourth-order valence-corrected chi connectivity index (χ4v) is 4.65. The highest BCUT2D eigenvalue weighted by Gasteiger charge is 2.26. The zero-order valence-corrected chi connectivity index (χ0v) is 22.3. The number of rotatable bonds is 13. The standard InChI is InChI=1S/C27H32F3NO6S/c1-17(9-6-8-14-31-26(35)36-3)22-16-21(32)23(25(34)37-22)24(33)18(2)15-20-12-11-19(38-20)10-5-4-7-13-27(28,29)30/h8,11-12,14-17,32H,4-7,9-10,13H2,1-3H3,(H,31,35)/b14-8+,18-15?. The van der Waals surface area contributed by atoms with Gasteiger partial charge in [-0.2, -0.15) is 13.2 Å². The zero-order valence-electron chi connectivity index (χ0n) is 21.5. The molecule has 0 aromatic carbocycles. The van der Waals surface area contributed by atoms with Crippen LogP contribution in [0.1, 0.15) is 84.2 Å². The quantitative estimate of drug-likeness (QED) is 0.155. The largest absolute Gasteiger partial charge is 0.507 e. The molecular formula is C27H32F3NO6S. The lowest BCUT2D eigenvalue weighted by molar-refractivity contribution is -0.135. The van der Waals surface area contributed by atoms with E-state index in [9.17, 15) is 32.7 Å². The number of carbonyl (C=O) groups is 2. The third-order valence-electron chi connectivity index (χ3n) is 5.72. The molecule has 2 rings (SSSR count). The van der Waals surface area contributed by atoms with Crippen molar-refractivity contribution in [3.8, 4) is 5.75 Å². The minimum absolute atomic E-state index is 0.102. The molecular weight excluding hydrogens is 523 g/mol. The number of Topliss-reactive ketones (excluding diaryl/α,β-unsaturated/α-hetero) is 1. The van der Waals surface area contributed by atoms with E-state index in [1.165, 1.54) is 37.6 Å². The first-order valence-electron chi connectivity index (χ1n) is 12.2. The molecule has 0 saturated heterocycles. The Morgan fingerprint density at radius 3 is 2.63 bits per heavy atom. The molecule has 38 heavy (non-hydrogen) atoms. The van der Waals surface area contributed by atoms with Crippen molar-refractivity contribution in [2.75, 3.05) is 7.11 Å². The molecule has 7 nitrogen and oxygen atoms in total. The molecule has 2 aromatic rings. The topological polar surface area (TPSA) is 106 Å². The first kappa shape index (κ1) is 30.9. The number of halogens is 3. The highest BCUT2D eigenvalue weighted by molar-refractivity contribution is 7.12. The van der Waals surface area contributed by atoms with Crippen molar-refractivity contribution < 1.29 is 37.0 Å². The lowest BCUT2D eigenvalue weighted by Gasteiger charge is -2.11. The van der Waals surface area contributed by atoms with E-state index >= 15 is 0 Å². The van der Waals surface area contributed by atoms with E-state index in [2.05, 4.69) is 10.1 Å². The molecule has 2 heterocycles. The van der Waals surface area contributed by atoms with Gasteiger partial charge in [0.1, 0.15) is 17.1 Å². The summed E-state index contributed by atoms with van der Waals surface area (Å²) >= 11 is 1.42. The molecule has 0 spiro atoms. The number of aryl methyl sites for hydroxylation is 1. The Bertz CT molecular complexity index is 1210. The van der Waals surface area contributed by atoms with Crippen LogP contribution < -0.4 is 10.9 Å². The van der Waals surface area contributed by atoms with Crippen molar-refractivity contribution in [2.45, 2.75) is 70.9 Å². The molecule has 1 amide bonds. The Labute approximate surface area is 223 Å². The van der Waals surface area contributed by atoms with Crippen LogP contribution in [0, 0.1) is 0 Å². The van der Waals surface area contributed by atoms with E-state index in [0.29, 0.717) is 32.1 Å². The molecule has 1 unspecified atom stereocenters. The van der Waals surface area contributed by atoms with Gasteiger partial charge in [-0.05, 0) is 62.8 Å². The van der Waals surface area contributed by atoms with Crippen LogP contribution in [0.4, 0.5) is 18.0 Å². The third kappa shape index (κ3) is 10.2. The van der Waals surface area contributed by atoms with E-state index in [1.807, 2.05) is 6.07 Å². The van der Waals surface area contributed by atoms with Crippen molar-refractivity contribution in [3.63, 3.8) is 0 Å². The van der Waals surface area contributed by atoms with Gasteiger partial charge in [-0.25, -0.2) is 9.59 Å². The number of alkyl halides is 3. The van der Waals surface area contributed by atoms with Gasteiger partial charge in [0.05, 0.1) is 7.11 Å². The number of alkyl carbamates (subject to hydrolysis) is 1. The van der Waals surface area contributed by atoms with Crippen molar-refractivity contribution >= 4 is 29.3 Å². The lowest BCUT2D eigenvalue weighted by atomic mass is 10.00. The number of carbonyl (C=O) groups excluding carboxylic acids is 2. The molecule has 2 N–H and O–H groups in total. The summed E-state index contributed by atoms with van der Waals surface area (Å²) in [7, 11) is 1.25. The maximum absolute atomic E-state index is 12.9. The minimum Gasteiger partial charge on any atom is -0.507 e. The van der Waals surface area contributed by atoms with Crippen LogP contribution in [0.15, 0.2) is 45.3 Å². The number of nitrogens with one attached hydrogen (secondary N) is 1. The van der Waals surface area contributed by atoms with Gasteiger partial charge < -0.3 is 14.3 Å². The lowest BCUT2D eigenvalue weighted by Crippen LogP contribution is -2.16. The summed E-state index contributed by atoms with van der Waals surface area (Å²) in [6.07, 6.45) is 2.22. The second-order valence-electron chi connectivity index (χ2n) is 8.85. The zero-order chi connectivity index (χ0) is 28.3. The van der Waals surface area contributed by atoms with Crippen LogP contribution in [-0.2, 0) is 11.2 Å². The van der Waals surface area contributed by atoms with Crippen molar-refractivity contribution in [2.24, 2.45) is 0 Å². The second-order valence-corrected chi connectivity index (χ2v) is 10.0. The van der Waals surface area contributed by atoms with E-state index in [1.54, 1.807) is 25.1 Å². The molecule has 2 aromatic heterocycles. The highest BCUT2D eigenvalue weighted by atomic mass is 32.1. The van der Waals surface area contributed by atoms with Crippen LogP contribution in [0.5, 0.6) is 5.75 Å².